The lowest BCUT2D eigenvalue weighted by Gasteiger charge is -2.42. The molecule has 0 aromatic heterocycles. The summed E-state index contributed by atoms with van der Waals surface area (Å²) in [6.07, 6.45) is 0.943. The van der Waals surface area contributed by atoms with Crippen LogP contribution in [0.5, 0.6) is 0 Å². The molecule has 0 radical (unpaired) electrons. The van der Waals surface area contributed by atoms with E-state index in [9.17, 15) is 5.11 Å². The van der Waals surface area contributed by atoms with E-state index in [2.05, 4.69) is 72.7 Å². The first-order valence-corrected chi connectivity index (χ1v) is 7.53. The Hall–Kier alpha value is -0.120. The second-order valence-corrected chi connectivity index (χ2v) is 7.78. The fourth-order valence-electron chi connectivity index (χ4n) is 2.65. The van der Waals surface area contributed by atoms with E-state index < -0.39 is 0 Å². The van der Waals surface area contributed by atoms with Crippen molar-refractivity contribution in [3.8, 4) is 0 Å². The third-order valence-electron chi connectivity index (χ3n) is 4.29. The summed E-state index contributed by atoms with van der Waals surface area (Å²) in [7, 11) is 2.19. The molecule has 0 rings (SSSR count). The molecule has 0 saturated heterocycles. The molecule has 0 aromatic carbocycles. The summed E-state index contributed by atoms with van der Waals surface area (Å²) in [5, 5.41) is 13.2. The van der Waals surface area contributed by atoms with Gasteiger partial charge in [0.05, 0.1) is 6.61 Å². The molecule has 0 amide bonds. The largest absolute Gasteiger partial charge is 0.394 e. The zero-order chi connectivity index (χ0) is 15.4. The van der Waals surface area contributed by atoms with Gasteiger partial charge in [0.25, 0.3) is 0 Å². The van der Waals surface area contributed by atoms with Crippen molar-refractivity contribution in [1.29, 1.82) is 0 Å². The summed E-state index contributed by atoms with van der Waals surface area (Å²) in [5.74, 6) is 0. The van der Waals surface area contributed by atoms with Gasteiger partial charge in [0, 0.05) is 23.7 Å². The second-order valence-electron chi connectivity index (χ2n) is 7.78. The molecule has 3 nitrogen and oxygen atoms in total. The first-order valence-electron chi connectivity index (χ1n) is 7.53. The van der Waals surface area contributed by atoms with Crippen LogP contribution in [0.15, 0.2) is 0 Å². The van der Waals surface area contributed by atoms with Gasteiger partial charge in [-0.3, -0.25) is 0 Å². The van der Waals surface area contributed by atoms with Crippen LogP contribution in [0, 0.1) is 5.41 Å². The highest BCUT2D eigenvalue weighted by molar-refractivity contribution is 4.90. The quantitative estimate of drug-likeness (QED) is 0.748. The van der Waals surface area contributed by atoms with Crippen molar-refractivity contribution in [1.82, 2.24) is 10.2 Å². The van der Waals surface area contributed by atoms with Crippen molar-refractivity contribution < 1.29 is 5.11 Å². The predicted octanol–water partition coefficient (Wildman–Crippen LogP) is 2.88. The number of aliphatic hydroxyl groups is 1. The first kappa shape index (κ1) is 18.9. The van der Waals surface area contributed by atoms with E-state index in [0.29, 0.717) is 18.1 Å². The van der Waals surface area contributed by atoms with Gasteiger partial charge in [-0.15, -0.1) is 0 Å². The molecular formula is C16H36N2O. The van der Waals surface area contributed by atoms with Gasteiger partial charge in [-0.2, -0.15) is 0 Å². The monoisotopic (exact) mass is 272 g/mol. The molecule has 3 unspecified atom stereocenters. The number of hydrogen-bond acceptors (Lipinski definition) is 3. The molecule has 0 aliphatic carbocycles. The highest BCUT2D eigenvalue weighted by Gasteiger charge is 2.32. The normalized spacial score (nSPS) is 19.6. The maximum Gasteiger partial charge on any atom is 0.0611 e. The molecule has 0 bridgehead atoms. The van der Waals surface area contributed by atoms with Crippen molar-refractivity contribution >= 4 is 0 Å². The summed E-state index contributed by atoms with van der Waals surface area (Å²) in [6, 6.07) is 1.32. The van der Waals surface area contributed by atoms with E-state index in [1.54, 1.807) is 0 Å². The fraction of sp³-hybridized carbons (Fsp3) is 1.00. The molecule has 0 heterocycles. The SMILES string of the molecule is CC(C)NC(C)(CO)CC(C)N(C)C(C)C(C)(C)C. The lowest BCUT2D eigenvalue weighted by Crippen LogP contribution is -2.54. The van der Waals surface area contributed by atoms with Gasteiger partial charge < -0.3 is 15.3 Å². The van der Waals surface area contributed by atoms with Crippen molar-refractivity contribution in [2.45, 2.75) is 85.5 Å². The van der Waals surface area contributed by atoms with Gasteiger partial charge in [-0.05, 0) is 39.7 Å². The zero-order valence-electron chi connectivity index (χ0n) is 14.5. The maximum atomic E-state index is 9.68. The Labute approximate surface area is 120 Å². The number of aliphatic hydroxyl groups excluding tert-OH is 1. The van der Waals surface area contributed by atoms with Crippen LogP contribution in [0.4, 0.5) is 0 Å². The van der Waals surface area contributed by atoms with Gasteiger partial charge in [-0.1, -0.05) is 34.6 Å². The number of nitrogens with one attached hydrogen (secondary N) is 1. The van der Waals surface area contributed by atoms with Crippen LogP contribution in [0.1, 0.15) is 61.8 Å². The van der Waals surface area contributed by atoms with Gasteiger partial charge in [0.1, 0.15) is 0 Å². The lowest BCUT2D eigenvalue weighted by molar-refractivity contribution is 0.0676. The van der Waals surface area contributed by atoms with Crippen LogP contribution in [-0.4, -0.2) is 47.3 Å². The van der Waals surface area contributed by atoms with Crippen LogP contribution in [0.25, 0.3) is 0 Å². The van der Waals surface area contributed by atoms with E-state index in [1.165, 1.54) is 0 Å². The second kappa shape index (κ2) is 7.05. The average Bonchev–Trinajstić information content (AvgIpc) is 2.24. The predicted molar refractivity (Wildman–Crippen MR) is 84.5 cm³/mol. The molecule has 0 spiro atoms. The van der Waals surface area contributed by atoms with Gasteiger partial charge in [0.2, 0.25) is 0 Å². The topological polar surface area (TPSA) is 35.5 Å². The molecule has 19 heavy (non-hydrogen) atoms. The minimum absolute atomic E-state index is 0.174. The van der Waals surface area contributed by atoms with Crippen molar-refractivity contribution in [2.75, 3.05) is 13.7 Å². The molecule has 3 heteroatoms. The molecule has 0 saturated carbocycles. The summed E-state index contributed by atoms with van der Waals surface area (Å²) in [6.45, 7) is 17.9. The molecule has 0 aromatic rings. The van der Waals surface area contributed by atoms with Crippen LogP contribution >= 0.6 is 0 Å². The van der Waals surface area contributed by atoms with E-state index in [0.717, 1.165) is 6.42 Å². The third-order valence-corrected chi connectivity index (χ3v) is 4.29. The molecular weight excluding hydrogens is 236 g/mol. The molecule has 0 aliphatic heterocycles. The van der Waals surface area contributed by atoms with Crippen LogP contribution in [0.3, 0.4) is 0 Å². The number of nitrogens with zero attached hydrogens (tertiary/aromatic N) is 1. The molecule has 2 N–H and O–H groups in total. The molecule has 0 fully saturated rings. The van der Waals surface area contributed by atoms with Crippen molar-refractivity contribution in [3.63, 3.8) is 0 Å². The minimum atomic E-state index is -0.209. The van der Waals surface area contributed by atoms with Crippen LogP contribution in [0.2, 0.25) is 0 Å². The first-order chi connectivity index (χ1) is 8.43. The minimum Gasteiger partial charge on any atom is -0.394 e. The maximum absolute atomic E-state index is 9.68. The molecule has 3 atom stereocenters. The smallest absolute Gasteiger partial charge is 0.0611 e. The van der Waals surface area contributed by atoms with Gasteiger partial charge in [-0.25, -0.2) is 0 Å². The summed E-state index contributed by atoms with van der Waals surface area (Å²) in [5.41, 5.74) is 0.0591. The highest BCUT2D eigenvalue weighted by Crippen LogP contribution is 2.26. The Balaban J connectivity index is 4.69. The van der Waals surface area contributed by atoms with Crippen LogP contribution in [-0.2, 0) is 0 Å². The summed E-state index contributed by atoms with van der Waals surface area (Å²) in [4.78, 5) is 2.43. The zero-order valence-corrected chi connectivity index (χ0v) is 14.5. The summed E-state index contributed by atoms with van der Waals surface area (Å²) >= 11 is 0. The average molecular weight is 272 g/mol. The highest BCUT2D eigenvalue weighted by atomic mass is 16.3. The van der Waals surface area contributed by atoms with Gasteiger partial charge >= 0.3 is 0 Å². The van der Waals surface area contributed by atoms with Crippen molar-refractivity contribution in [2.24, 2.45) is 5.41 Å². The van der Waals surface area contributed by atoms with E-state index in [-0.39, 0.29) is 17.6 Å². The summed E-state index contributed by atoms with van der Waals surface area (Å²) < 4.78 is 0. The van der Waals surface area contributed by atoms with E-state index in [1.807, 2.05) is 0 Å². The van der Waals surface area contributed by atoms with E-state index in [4.69, 9.17) is 0 Å². The Morgan fingerprint density at radius 3 is 1.84 bits per heavy atom. The molecule has 116 valence electrons. The Morgan fingerprint density at radius 2 is 1.53 bits per heavy atom. The Kier molecular flexibility index (Phi) is 7.01. The van der Waals surface area contributed by atoms with Crippen molar-refractivity contribution in [3.05, 3.63) is 0 Å². The van der Waals surface area contributed by atoms with Gasteiger partial charge in [0.15, 0.2) is 0 Å². The third kappa shape index (κ3) is 6.24. The Bertz CT molecular complexity index is 260. The van der Waals surface area contributed by atoms with E-state index >= 15 is 0 Å². The fourth-order valence-corrected chi connectivity index (χ4v) is 2.65. The molecule has 0 aliphatic rings. The number of rotatable bonds is 7. The standard InChI is InChI=1S/C16H36N2O/c1-12(2)17-16(8,11-19)10-13(3)18(9)14(4)15(5,6)7/h12-14,17,19H,10-11H2,1-9H3. The lowest BCUT2D eigenvalue weighted by atomic mass is 9.85. The number of hydrogen-bond donors (Lipinski definition) is 2. The Morgan fingerprint density at radius 1 is 1.05 bits per heavy atom. The van der Waals surface area contributed by atoms with Crippen LogP contribution < -0.4 is 5.32 Å².